The minimum atomic E-state index is -0.917. The zero-order valence-electron chi connectivity index (χ0n) is 5.41. The maximum atomic E-state index is 10.1. The first-order valence-electron chi connectivity index (χ1n) is 3.36. The van der Waals surface area contributed by atoms with Crippen LogP contribution in [0.3, 0.4) is 0 Å². The molecule has 0 aromatic carbocycles. The summed E-state index contributed by atoms with van der Waals surface area (Å²) in [5, 5.41) is 10.8. The lowest BCUT2D eigenvalue weighted by molar-refractivity contribution is 0.151. The van der Waals surface area contributed by atoms with Crippen LogP contribution in [0.1, 0.15) is 0 Å². The van der Waals surface area contributed by atoms with Crippen LogP contribution in [-0.2, 0) is 4.74 Å². The highest BCUT2D eigenvalue weighted by Gasteiger charge is 2.54. The molecule has 0 spiro atoms. The van der Waals surface area contributed by atoms with Gasteiger partial charge in [0.15, 0.2) is 0 Å². The topological polar surface area (TPSA) is 58.6 Å². The Bertz CT molecular complexity index is 160. The molecule has 2 unspecified atom stereocenters. The van der Waals surface area contributed by atoms with Crippen molar-refractivity contribution in [3.63, 3.8) is 0 Å². The monoisotopic (exact) mass is 143 g/mol. The van der Waals surface area contributed by atoms with Gasteiger partial charge in [0.2, 0.25) is 0 Å². The number of nitrogens with one attached hydrogen (secondary N) is 1. The van der Waals surface area contributed by atoms with Crippen molar-refractivity contribution in [3.8, 4) is 0 Å². The van der Waals surface area contributed by atoms with Crippen LogP contribution in [-0.4, -0.2) is 30.5 Å². The van der Waals surface area contributed by atoms with Gasteiger partial charge in [-0.25, -0.2) is 4.79 Å². The Labute approximate surface area is 58.2 Å². The fraction of sp³-hybridized carbons (Fsp3) is 0.833. The van der Waals surface area contributed by atoms with Crippen molar-refractivity contribution in [1.29, 1.82) is 0 Å². The molecule has 1 aliphatic heterocycles. The summed E-state index contributed by atoms with van der Waals surface area (Å²) < 4.78 is 5.09. The second-order valence-corrected chi connectivity index (χ2v) is 2.84. The average Bonchev–Trinajstić information content (AvgIpc) is 2.40. The summed E-state index contributed by atoms with van der Waals surface area (Å²) in [4.78, 5) is 10.1. The first kappa shape index (κ1) is 5.97. The molecule has 0 aromatic rings. The highest BCUT2D eigenvalue weighted by atomic mass is 16.5. The molecule has 2 rings (SSSR count). The van der Waals surface area contributed by atoms with Gasteiger partial charge >= 0.3 is 6.09 Å². The summed E-state index contributed by atoms with van der Waals surface area (Å²) in [7, 11) is 0. The van der Waals surface area contributed by atoms with Crippen LogP contribution in [0.15, 0.2) is 0 Å². The number of hydrogen-bond donors (Lipinski definition) is 2. The Kier molecular flexibility index (Phi) is 1.11. The first-order valence-corrected chi connectivity index (χ1v) is 3.36. The van der Waals surface area contributed by atoms with E-state index in [1.807, 2.05) is 0 Å². The Morgan fingerprint density at radius 1 is 1.50 bits per heavy atom. The van der Waals surface area contributed by atoms with Gasteiger partial charge < -0.3 is 15.2 Å². The maximum Gasteiger partial charge on any atom is 0.404 e. The van der Waals surface area contributed by atoms with Gasteiger partial charge in [-0.15, -0.1) is 0 Å². The number of carbonyl (C=O) groups is 1. The lowest BCUT2D eigenvalue weighted by Crippen LogP contribution is -2.27. The molecule has 1 amide bonds. The van der Waals surface area contributed by atoms with Gasteiger partial charge in [0.05, 0.1) is 13.2 Å². The van der Waals surface area contributed by atoms with Crippen molar-refractivity contribution in [2.24, 2.45) is 11.8 Å². The number of rotatable bonds is 1. The molecule has 0 radical (unpaired) electrons. The number of ether oxygens (including phenoxy) is 1. The predicted molar refractivity (Wildman–Crippen MR) is 32.7 cm³/mol. The van der Waals surface area contributed by atoms with Gasteiger partial charge in [-0.2, -0.15) is 0 Å². The van der Waals surface area contributed by atoms with E-state index in [4.69, 9.17) is 9.84 Å². The highest BCUT2D eigenvalue weighted by Crippen LogP contribution is 2.43. The van der Waals surface area contributed by atoms with Crippen molar-refractivity contribution in [2.75, 3.05) is 13.2 Å². The van der Waals surface area contributed by atoms with E-state index in [1.54, 1.807) is 0 Å². The number of fused-ring (bicyclic) bond motifs is 1. The summed E-state index contributed by atoms with van der Waals surface area (Å²) in [6.07, 6.45) is -0.917. The van der Waals surface area contributed by atoms with E-state index in [9.17, 15) is 4.79 Å². The molecular formula is C6H9NO3. The summed E-state index contributed by atoms with van der Waals surface area (Å²) in [6.45, 7) is 1.46. The summed E-state index contributed by atoms with van der Waals surface area (Å²) in [5.74, 6) is 0.937. The zero-order chi connectivity index (χ0) is 7.14. The van der Waals surface area contributed by atoms with Crippen LogP contribution in [0.2, 0.25) is 0 Å². The van der Waals surface area contributed by atoms with Crippen LogP contribution >= 0.6 is 0 Å². The molecule has 0 aromatic heterocycles. The quantitative estimate of drug-likeness (QED) is 0.538. The van der Waals surface area contributed by atoms with E-state index in [0.29, 0.717) is 11.8 Å². The molecule has 4 heteroatoms. The smallest absolute Gasteiger partial charge is 0.404 e. The Hall–Kier alpha value is -0.770. The molecule has 1 aliphatic carbocycles. The minimum absolute atomic E-state index is 0.186. The van der Waals surface area contributed by atoms with Gasteiger partial charge in [0, 0.05) is 17.9 Å². The molecule has 3 atom stereocenters. The molecule has 56 valence electrons. The fourth-order valence-corrected chi connectivity index (χ4v) is 1.60. The molecule has 2 fully saturated rings. The minimum Gasteiger partial charge on any atom is -0.465 e. The van der Waals surface area contributed by atoms with E-state index in [2.05, 4.69) is 5.32 Å². The third-order valence-electron chi connectivity index (χ3n) is 2.24. The summed E-state index contributed by atoms with van der Waals surface area (Å²) >= 11 is 0. The first-order chi connectivity index (χ1) is 4.79. The van der Waals surface area contributed by atoms with Crippen LogP contribution in [0.5, 0.6) is 0 Å². The lowest BCUT2D eigenvalue weighted by atomic mass is 10.4. The van der Waals surface area contributed by atoms with Crippen molar-refractivity contribution < 1.29 is 14.6 Å². The van der Waals surface area contributed by atoms with Crippen LogP contribution in [0.4, 0.5) is 4.79 Å². The number of amides is 1. The van der Waals surface area contributed by atoms with Gasteiger partial charge in [-0.3, -0.25) is 0 Å². The molecule has 2 aliphatic rings. The van der Waals surface area contributed by atoms with Crippen molar-refractivity contribution >= 4 is 6.09 Å². The molecule has 0 bridgehead atoms. The number of hydrogen-bond acceptors (Lipinski definition) is 2. The van der Waals surface area contributed by atoms with E-state index in [1.165, 1.54) is 0 Å². The van der Waals surface area contributed by atoms with Crippen LogP contribution < -0.4 is 5.32 Å². The van der Waals surface area contributed by atoms with Crippen molar-refractivity contribution in [2.45, 2.75) is 6.04 Å². The molecule has 10 heavy (non-hydrogen) atoms. The van der Waals surface area contributed by atoms with E-state index >= 15 is 0 Å². The lowest BCUT2D eigenvalue weighted by Gasteiger charge is -2.01. The molecule has 1 saturated heterocycles. The SMILES string of the molecule is O=C(O)NC1C2COC[C@@H]21. The Balaban J connectivity index is 1.84. The van der Waals surface area contributed by atoms with Gasteiger partial charge in [-0.05, 0) is 0 Å². The molecule has 1 saturated carbocycles. The maximum absolute atomic E-state index is 10.1. The fourth-order valence-electron chi connectivity index (χ4n) is 1.60. The van der Waals surface area contributed by atoms with Crippen molar-refractivity contribution in [3.05, 3.63) is 0 Å². The molecular weight excluding hydrogens is 134 g/mol. The summed E-state index contributed by atoms with van der Waals surface area (Å²) in [5.41, 5.74) is 0. The van der Waals surface area contributed by atoms with Gasteiger partial charge in [0.1, 0.15) is 0 Å². The Morgan fingerprint density at radius 3 is 2.60 bits per heavy atom. The number of carboxylic acid groups (broad SMARTS) is 1. The second-order valence-electron chi connectivity index (χ2n) is 2.84. The summed E-state index contributed by atoms with van der Waals surface area (Å²) in [6, 6.07) is 0.186. The van der Waals surface area contributed by atoms with E-state index in [-0.39, 0.29) is 6.04 Å². The highest BCUT2D eigenvalue weighted by molar-refractivity contribution is 5.65. The third-order valence-corrected chi connectivity index (χ3v) is 2.24. The average molecular weight is 143 g/mol. The molecule has 2 N–H and O–H groups in total. The van der Waals surface area contributed by atoms with Gasteiger partial charge in [0.25, 0.3) is 0 Å². The standard InChI is InChI=1S/C6H9NO3/c8-6(9)7-5-3-1-10-2-4(3)5/h3-5,7H,1-2H2,(H,8,9)/t3-,4?,5?/m0/s1. The van der Waals surface area contributed by atoms with Crippen molar-refractivity contribution in [1.82, 2.24) is 5.32 Å². The molecule has 1 heterocycles. The third kappa shape index (κ3) is 0.759. The molecule has 4 nitrogen and oxygen atoms in total. The Morgan fingerprint density at radius 2 is 2.10 bits per heavy atom. The van der Waals surface area contributed by atoms with Crippen LogP contribution in [0, 0.1) is 11.8 Å². The van der Waals surface area contributed by atoms with Gasteiger partial charge in [-0.1, -0.05) is 0 Å². The second kappa shape index (κ2) is 1.85. The normalized spacial score (nSPS) is 42.6. The zero-order valence-corrected chi connectivity index (χ0v) is 5.41. The predicted octanol–water partition coefficient (Wildman–Crippen LogP) is -0.101. The van der Waals surface area contributed by atoms with Crippen LogP contribution in [0.25, 0.3) is 0 Å². The largest absolute Gasteiger partial charge is 0.465 e. The van der Waals surface area contributed by atoms with E-state index in [0.717, 1.165) is 13.2 Å². The van der Waals surface area contributed by atoms with E-state index < -0.39 is 6.09 Å².